The Bertz CT molecular complexity index is 1420. The topological polar surface area (TPSA) is 90.3 Å². The number of Topliss-reactive ketones (excluding diaryl/α,β-unsaturated/α-hetero) is 1. The van der Waals surface area contributed by atoms with Crippen molar-refractivity contribution in [3.63, 3.8) is 0 Å². The van der Waals surface area contributed by atoms with E-state index < -0.39 is 5.63 Å². The van der Waals surface area contributed by atoms with Crippen molar-refractivity contribution in [2.75, 3.05) is 11.5 Å². The van der Waals surface area contributed by atoms with Gasteiger partial charge in [0.05, 0.1) is 22.8 Å². The SMILES string of the molecule is O=C(CSCc1nnc2n1N=C(c1cc3cc(Cl)ccc3oc1=O)CS2)c1ccccc1. The first-order chi connectivity index (χ1) is 15.6. The molecule has 0 aliphatic carbocycles. The third-order valence-electron chi connectivity index (χ3n) is 4.80. The number of benzene rings is 2. The van der Waals surface area contributed by atoms with E-state index in [4.69, 9.17) is 16.0 Å². The Morgan fingerprint density at radius 1 is 1.16 bits per heavy atom. The number of carbonyl (C=O) groups excluding carboxylic acids is 1. The average molecular weight is 483 g/mol. The molecule has 4 aromatic rings. The number of halogens is 1. The number of hydrogen-bond donors (Lipinski definition) is 0. The average Bonchev–Trinajstić information content (AvgIpc) is 3.21. The van der Waals surface area contributed by atoms with Crippen LogP contribution in [0.4, 0.5) is 0 Å². The Hall–Kier alpha value is -2.88. The van der Waals surface area contributed by atoms with Gasteiger partial charge in [0, 0.05) is 21.7 Å². The highest BCUT2D eigenvalue weighted by molar-refractivity contribution is 8.00. The molecule has 0 radical (unpaired) electrons. The fourth-order valence-electron chi connectivity index (χ4n) is 3.23. The number of aromatic nitrogens is 3. The van der Waals surface area contributed by atoms with E-state index in [1.807, 2.05) is 18.2 Å². The van der Waals surface area contributed by atoms with Crippen LogP contribution in [0.5, 0.6) is 0 Å². The van der Waals surface area contributed by atoms with E-state index in [-0.39, 0.29) is 5.78 Å². The van der Waals surface area contributed by atoms with Crippen LogP contribution in [0, 0.1) is 0 Å². The fourth-order valence-corrected chi connectivity index (χ4v) is 5.07. The molecule has 0 saturated carbocycles. The van der Waals surface area contributed by atoms with E-state index in [1.165, 1.54) is 23.5 Å². The smallest absolute Gasteiger partial charge is 0.345 e. The number of ketones is 1. The second kappa shape index (κ2) is 8.93. The van der Waals surface area contributed by atoms with Gasteiger partial charge in [-0.1, -0.05) is 53.7 Å². The van der Waals surface area contributed by atoms with Crippen molar-refractivity contribution >= 4 is 57.6 Å². The predicted molar refractivity (Wildman–Crippen MR) is 127 cm³/mol. The minimum absolute atomic E-state index is 0.0555. The Labute approximate surface area is 195 Å². The standard InChI is InChI=1S/C22H15ClN4O3S2/c23-15-6-7-19-14(8-15)9-16(21(29)30-19)17-10-32-22-25-24-20(27(22)26-17)12-31-11-18(28)13-4-2-1-3-5-13/h1-9H,10-12H2. The predicted octanol–water partition coefficient (Wildman–Crippen LogP) is 4.51. The van der Waals surface area contributed by atoms with Crippen LogP contribution in [0.25, 0.3) is 11.0 Å². The minimum Gasteiger partial charge on any atom is -0.422 e. The molecule has 160 valence electrons. The summed E-state index contributed by atoms with van der Waals surface area (Å²) in [6.45, 7) is 0. The summed E-state index contributed by atoms with van der Waals surface area (Å²) in [6.07, 6.45) is 0. The zero-order valence-corrected chi connectivity index (χ0v) is 18.9. The molecule has 0 fully saturated rings. The van der Waals surface area contributed by atoms with Gasteiger partial charge in [0.2, 0.25) is 5.16 Å². The number of thioether (sulfide) groups is 2. The molecule has 0 saturated heterocycles. The van der Waals surface area contributed by atoms with Crippen LogP contribution in [0.3, 0.4) is 0 Å². The van der Waals surface area contributed by atoms with Gasteiger partial charge in [0.25, 0.3) is 0 Å². The number of rotatable bonds is 6. The van der Waals surface area contributed by atoms with Crippen LogP contribution in [0.2, 0.25) is 5.02 Å². The number of carbonyl (C=O) groups is 1. The third kappa shape index (κ3) is 4.23. The van der Waals surface area contributed by atoms with Crippen LogP contribution in [0.1, 0.15) is 21.7 Å². The number of fused-ring (bicyclic) bond motifs is 2. The summed E-state index contributed by atoms with van der Waals surface area (Å²) >= 11 is 8.96. The maximum atomic E-state index is 12.6. The van der Waals surface area contributed by atoms with Gasteiger partial charge in [-0.2, -0.15) is 9.78 Å². The Kier molecular flexibility index (Phi) is 5.86. The van der Waals surface area contributed by atoms with Gasteiger partial charge < -0.3 is 4.42 Å². The molecule has 32 heavy (non-hydrogen) atoms. The molecule has 0 unspecified atom stereocenters. The maximum absolute atomic E-state index is 12.6. The normalized spacial score (nSPS) is 13.1. The van der Waals surface area contributed by atoms with Crippen molar-refractivity contribution in [2.24, 2.45) is 5.10 Å². The molecular weight excluding hydrogens is 468 g/mol. The number of nitrogens with zero attached hydrogens (tertiary/aromatic N) is 4. The molecule has 0 atom stereocenters. The molecule has 0 spiro atoms. The molecule has 10 heteroatoms. The lowest BCUT2D eigenvalue weighted by molar-refractivity contribution is 0.102. The van der Waals surface area contributed by atoms with Gasteiger partial charge >= 0.3 is 5.63 Å². The van der Waals surface area contributed by atoms with E-state index in [0.29, 0.717) is 55.7 Å². The van der Waals surface area contributed by atoms with Gasteiger partial charge in [-0.05, 0) is 24.3 Å². The summed E-state index contributed by atoms with van der Waals surface area (Å²) in [5, 5.41) is 14.9. The first-order valence-electron chi connectivity index (χ1n) is 9.63. The first kappa shape index (κ1) is 21.0. The highest BCUT2D eigenvalue weighted by atomic mass is 35.5. The van der Waals surface area contributed by atoms with Gasteiger partial charge in [-0.25, -0.2) is 4.79 Å². The second-order valence-electron chi connectivity index (χ2n) is 6.96. The second-order valence-corrected chi connectivity index (χ2v) is 9.32. The molecule has 2 aromatic carbocycles. The Balaban J connectivity index is 1.38. The summed E-state index contributed by atoms with van der Waals surface area (Å²) in [7, 11) is 0. The van der Waals surface area contributed by atoms with E-state index in [0.717, 1.165) is 5.39 Å². The Morgan fingerprint density at radius 3 is 2.84 bits per heavy atom. The quantitative estimate of drug-likeness (QED) is 0.295. The first-order valence-corrected chi connectivity index (χ1v) is 12.1. The number of hydrogen-bond acceptors (Lipinski definition) is 8. The summed E-state index contributed by atoms with van der Waals surface area (Å²) in [4.78, 5) is 24.9. The highest BCUT2D eigenvalue weighted by Gasteiger charge is 2.22. The zero-order valence-electron chi connectivity index (χ0n) is 16.5. The highest BCUT2D eigenvalue weighted by Crippen LogP contribution is 2.26. The van der Waals surface area contributed by atoms with Crippen molar-refractivity contribution < 1.29 is 9.21 Å². The van der Waals surface area contributed by atoms with Gasteiger partial charge in [-0.15, -0.1) is 22.0 Å². The molecular formula is C22H15ClN4O3S2. The monoisotopic (exact) mass is 482 g/mol. The Morgan fingerprint density at radius 2 is 2.00 bits per heavy atom. The lowest BCUT2D eigenvalue weighted by Gasteiger charge is -2.13. The van der Waals surface area contributed by atoms with Crippen LogP contribution in [0.15, 0.2) is 74.1 Å². The maximum Gasteiger partial charge on any atom is 0.345 e. The summed E-state index contributed by atoms with van der Waals surface area (Å²) in [6, 6.07) is 16.0. The van der Waals surface area contributed by atoms with Crippen LogP contribution < -0.4 is 5.63 Å². The van der Waals surface area contributed by atoms with Crippen molar-refractivity contribution in [3.8, 4) is 0 Å². The van der Waals surface area contributed by atoms with Crippen LogP contribution in [-0.4, -0.2) is 37.9 Å². The molecule has 1 aliphatic rings. The van der Waals surface area contributed by atoms with Crippen LogP contribution >= 0.6 is 35.1 Å². The van der Waals surface area contributed by atoms with E-state index in [9.17, 15) is 9.59 Å². The molecule has 0 N–H and O–H groups in total. The molecule has 1 aliphatic heterocycles. The van der Waals surface area contributed by atoms with Crippen molar-refractivity contribution in [3.05, 3.63) is 87.0 Å². The largest absolute Gasteiger partial charge is 0.422 e. The van der Waals surface area contributed by atoms with Crippen LogP contribution in [-0.2, 0) is 5.75 Å². The fraction of sp³-hybridized carbons (Fsp3) is 0.136. The van der Waals surface area contributed by atoms with Crippen molar-refractivity contribution in [1.29, 1.82) is 0 Å². The van der Waals surface area contributed by atoms with Crippen molar-refractivity contribution in [2.45, 2.75) is 10.9 Å². The molecule has 2 aromatic heterocycles. The molecule has 0 bridgehead atoms. The molecule has 3 heterocycles. The molecule has 7 nitrogen and oxygen atoms in total. The molecule has 0 amide bonds. The van der Waals surface area contributed by atoms with Crippen molar-refractivity contribution in [1.82, 2.24) is 14.9 Å². The van der Waals surface area contributed by atoms with Gasteiger partial charge in [-0.3, -0.25) is 4.79 Å². The minimum atomic E-state index is -0.458. The van der Waals surface area contributed by atoms with E-state index >= 15 is 0 Å². The summed E-state index contributed by atoms with van der Waals surface area (Å²) in [5.74, 6) is 1.92. The molecule has 5 rings (SSSR count). The summed E-state index contributed by atoms with van der Waals surface area (Å²) < 4.78 is 7.08. The van der Waals surface area contributed by atoms with Gasteiger partial charge in [0.15, 0.2) is 11.6 Å². The van der Waals surface area contributed by atoms with E-state index in [1.54, 1.807) is 41.1 Å². The zero-order chi connectivity index (χ0) is 22.1. The van der Waals surface area contributed by atoms with Gasteiger partial charge in [0.1, 0.15) is 5.58 Å². The lowest BCUT2D eigenvalue weighted by Crippen LogP contribution is -2.21. The lowest BCUT2D eigenvalue weighted by atomic mass is 10.1. The summed E-state index contributed by atoms with van der Waals surface area (Å²) in [5.41, 5.74) is 1.65. The van der Waals surface area contributed by atoms with E-state index in [2.05, 4.69) is 15.3 Å². The third-order valence-corrected chi connectivity index (χ3v) is 6.89.